The van der Waals surface area contributed by atoms with E-state index in [1.807, 2.05) is 121 Å². The van der Waals surface area contributed by atoms with Crippen molar-refractivity contribution in [1.29, 1.82) is 0 Å². The second-order valence-electron chi connectivity index (χ2n) is 13.0. The van der Waals surface area contributed by atoms with Gasteiger partial charge in [-0.2, -0.15) is 0 Å². The van der Waals surface area contributed by atoms with Crippen molar-refractivity contribution in [2.75, 3.05) is 13.2 Å². The Morgan fingerprint density at radius 1 is 0.630 bits per heavy atom. The molecule has 0 aromatic heterocycles. The number of azide groups is 1. The summed E-state index contributed by atoms with van der Waals surface area (Å²) < 4.78 is 11.6. The molecule has 276 valence electrons. The molecule has 10 heteroatoms. The number of aliphatic hydroxyl groups is 2. The summed E-state index contributed by atoms with van der Waals surface area (Å²) in [7, 11) is 0. The lowest BCUT2D eigenvalue weighted by molar-refractivity contribution is 0.0836. The molecule has 6 rings (SSSR count). The summed E-state index contributed by atoms with van der Waals surface area (Å²) >= 11 is 0. The van der Waals surface area contributed by atoms with E-state index in [0.29, 0.717) is 35.5 Å². The maximum Gasteiger partial charge on any atom is 0.164 e. The Morgan fingerprint density at radius 2 is 1.06 bits per heavy atom. The number of aliphatic hydroxyl groups excluding tert-OH is 2. The smallest absolute Gasteiger partial charge is 0.164 e. The van der Waals surface area contributed by atoms with Gasteiger partial charge in [0.25, 0.3) is 0 Å². The van der Waals surface area contributed by atoms with Crippen LogP contribution in [0.25, 0.3) is 32.0 Å². The molecule has 0 spiro atoms. The van der Waals surface area contributed by atoms with Crippen LogP contribution >= 0.6 is 0 Å². The minimum atomic E-state index is -1.01. The van der Waals surface area contributed by atoms with Crippen molar-refractivity contribution in [1.82, 2.24) is 0 Å². The number of ketones is 2. The van der Waals surface area contributed by atoms with Crippen LogP contribution < -0.4 is 15.2 Å². The van der Waals surface area contributed by atoms with Gasteiger partial charge in [0.2, 0.25) is 0 Å². The first-order valence-electron chi connectivity index (χ1n) is 17.7. The highest BCUT2D eigenvalue weighted by atomic mass is 16.5. The third-order valence-electron chi connectivity index (χ3n) is 9.05. The van der Waals surface area contributed by atoms with Crippen LogP contribution in [0.2, 0.25) is 0 Å². The molecule has 4 N–H and O–H groups in total. The average molecular weight is 725 g/mol. The molecule has 0 aliphatic rings. The fourth-order valence-electron chi connectivity index (χ4n) is 6.25. The molecule has 0 aliphatic heterocycles. The minimum absolute atomic E-state index is 0.0343. The third kappa shape index (κ3) is 10.3. The van der Waals surface area contributed by atoms with Gasteiger partial charge in [-0.15, -0.1) is 0 Å². The van der Waals surface area contributed by atoms with Gasteiger partial charge in [-0.1, -0.05) is 126 Å². The van der Waals surface area contributed by atoms with Crippen molar-refractivity contribution in [3.63, 3.8) is 0 Å². The average Bonchev–Trinajstić information content (AvgIpc) is 3.19. The Hall–Kier alpha value is -6.03. The first kappa shape index (κ1) is 39.2. The number of hydrogen-bond acceptors (Lipinski definition) is 8. The molecule has 0 saturated carbocycles. The monoisotopic (exact) mass is 724 g/mol. The van der Waals surface area contributed by atoms with Crippen LogP contribution in [0.3, 0.4) is 0 Å². The SMILES string of the molecule is CC(=O)c1c(OC[C@@H](O)[C@@H](N)Cc2ccccc2)ccc2ccccc12.CC(=O)c1c(OC[C@@H](O)[C@H](Cc2ccccc2)N=[N+]=[N-])ccc2ccccc12. The number of carbonyl (C=O) groups excluding carboxylic acids is 2. The lowest BCUT2D eigenvalue weighted by Crippen LogP contribution is -2.40. The Labute approximate surface area is 314 Å². The molecule has 0 unspecified atom stereocenters. The predicted octanol–water partition coefficient (Wildman–Crippen LogP) is 8.06. The molecule has 0 aliphatic carbocycles. The van der Waals surface area contributed by atoms with E-state index < -0.39 is 24.3 Å². The van der Waals surface area contributed by atoms with E-state index in [4.69, 9.17) is 20.7 Å². The number of carbonyl (C=O) groups is 2. The van der Waals surface area contributed by atoms with E-state index in [1.54, 1.807) is 12.1 Å². The Bertz CT molecular complexity index is 2220. The highest BCUT2D eigenvalue weighted by Crippen LogP contribution is 2.30. The number of benzene rings is 6. The van der Waals surface area contributed by atoms with E-state index in [-0.39, 0.29) is 24.8 Å². The van der Waals surface area contributed by atoms with Crippen LogP contribution in [0.15, 0.2) is 139 Å². The normalized spacial score (nSPS) is 13.1. The van der Waals surface area contributed by atoms with Crippen LogP contribution in [-0.2, 0) is 12.8 Å². The summed E-state index contributed by atoms with van der Waals surface area (Å²) in [5, 5.41) is 28.2. The zero-order chi connectivity index (χ0) is 38.5. The standard InChI is InChI=1S/C22H21N3O3.C22H23NO3/c1-15(26)22-18-10-6-5-9-17(18)11-12-21(22)28-14-20(27)19(24-25-23)13-16-7-3-2-4-8-16;1-15(24)22-18-10-6-5-9-17(18)11-12-21(22)26-14-20(25)19(23)13-16-7-3-2-4-8-16/h2-12,19-20,27H,13-14H2,1H3;2-12,19-20,25H,13-14,23H2,1H3/t2*19-,20+/m00/s1. The molecule has 10 nitrogen and oxygen atoms in total. The minimum Gasteiger partial charge on any atom is -0.490 e. The van der Waals surface area contributed by atoms with Crippen molar-refractivity contribution in [3.8, 4) is 11.5 Å². The van der Waals surface area contributed by atoms with E-state index in [2.05, 4.69) is 10.0 Å². The van der Waals surface area contributed by atoms with Crippen molar-refractivity contribution >= 4 is 33.1 Å². The van der Waals surface area contributed by atoms with Crippen molar-refractivity contribution < 1.29 is 29.3 Å². The van der Waals surface area contributed by atoms with Gasteiger partial charge in [0.15, 0.2) is 11.6 Å². The molecule has 4 atom stereocenters. The van der Waals surface area contributed by atoms with E-state index in [0.717, 1.165) is 32.7 Å². The fraction of sp³-hybridized carbons (Fsp3) is 0.227. The molecule has 0 fully saturated rings. The molecule has 6 aromatic rings. The summed E-state index contributed by atoms with van der Waals surface area (Å²) in [5.41, 5.74) is 18.0. The second kappa shape index (κ2) is 19.2. The first-order chi connectivity index (χ1) is 26.2. The topological polar surface area (TPSA) is 168 Å². The van der Waals surface area contributed by atoms with Gasteiger partial charge in [-0.3, -0.25) is 9.59 Å². The van der Waals surface area contributed by atoms with E-state index in [9.17, 15) is 19.8 Å². The van der Waals surface area contributed by atoms with Crippen molar-refractivity contribution in [2.45, 2.75) is 51.0 Å². The molecular formula is C44H44N4O6. The lowest BCUT2D eigenvalue weighted by atomic mass is 10.0. The van der Waals surface area contributed by atoms with Gasteiger partial charge >= 0.3 is 0 Å². The van der Waals surface area contributed by atoms with Crippen molar-refractivity contribution in [2.24, 2.45) is 10.8 Å². The molecule has 0 amide bonds. The number of rotatable bonds is 15. The lowest BCUT2D eigenvalue weighted by Gasteiger charge is -2.20. The number of fused-ring (bicyclic) bond motifs is 2. The molecule has 0 radical (unpaired) electrons. The maximum atomic E-state index is 12.2. The summed E-state index contributed by atoms with van der Waals surface area (Å²) in [6.45, 7) is 2.96. The first-order valence-corrected chi connectivity index (χ1v) is 17.7. The van der Waals surface area contributed by atoms with Gasteiger partial charge in [0, 0.05) is 11.0 Å². The number of ether oxygens (including phenoxy) is 2. The van der Waals surface area contributed by atoms with Gasteiger partial charge in [0.05, 0.1) is 23.3 Å². The van der Waals surface area contributed by atoms with Crippen LogP contribution in [-0.4, -0.2) is 59.3 Å². The third-order valence-corrected chi connectivity index (χ3v) is 9.05. The van der Waals surface area contributed by atoms with Crippen molar-refractivity contribution in [3.05, 3.63) is 166 Å². The van der Waals surface area contributed by atoms with Gasteiger partial charge in [-0.05, 0) is 77.0 Å². The molecule has 0 saturated heterocycles. The Kier molecular flexibility index (Phi) is 13.9. The van der Waals surface area contributed by atoms with Gasteiger partial charge in [0.1, 0.15) is 30.8 Å². The molecule has 54 heavy (non-hydrogen) atoms. The van der Waals surface area contributed by atoms with Crippen LogP contribution in [0, 0.1) is 0 Å². The highest BCUT2D eigenvalue weighted by Gasteiger charge is 2.22. The van der Waals surface area contributed by atoms with Gasteiger partial charge < -0.3 is 25.4 Å². The highest BCUT2D eigenvalue weighted by molar-refractivity contribution is 6.10. The quantitative estimate of drug-likeness (QED) is 0.0417. The molecule has 0 heterocycles. The van der Waals surface area contributed by atoms with Gasteiger partial charge in [-0.25, -0.2) is 0 Å². The molecule has 6 aromatic carbocycles. The molecular weight excluding hydrogens is 681 g/mol. The Morgan fingerprint density at radius 3 is 1.52 bits per heavy atom. The fourth-order valence-corrected chi connectivity index (χ4v) is 6.25. The number of Topliss-reactive ketones (excluding diaryl/α,β-unsaturated/α-hetero) is 2. The molecule has 0 bridgehead atoms. The number of hydrogen-bond donors (Lipinski definition) is 3. The second-order valence-corrected chi connectivity index (χ2v) is 13.0. The summed E-state index contributed by atoms with van der Waals surface area (Å²) in [5.74, 6) is 0.698. The van der Waals surface area contributed by atoms with Crippen LogP contribution in [0.1, 0.15) is 45.7 Å². The largest absolute Gasteiger partial charge is 0.490 e. The van der Waals surface area contributed by atoms with Crippen LogP contribution in [0.5, 0.6) is 11.5 Å². The summed E-state index contributed by atoms with van der Waals surface area (Å²) in [6.07, 6.45) is -0.890. The van der Waals surface area contributed by atoms with E-state index in [1.165, 1.54) is 13.8 Å². The van der Waals surface area contributed by atoms with E-state index >= 15 is 0 Å². The maximum absolute atomic E-state index is 12.2. The summed E-state index contributed by atoms with van der Waals surface area (Å²) in [6, 6.07) is 40.7. The predicted molar refractivity (Wildman–Crippen MR) is 212 cm³/mol. The van der Waals surface area contributed by atoms with Crippen LogP contribution in [0.4, 0.5) is 0 Å². The Balaban J connectivity index is 0.000000208. The number of nitrogens with zero attached hydrogens (tertiary/aromatic N) is 3. The zero-order valence-electron chi connectivity index (χ0n) is 30.3. The summed E-state index contributed by atoms with van der Waals surface area (Å²) in [4.78, 5) is 27.2. The number of nitrogens with two attached hydrogens (primary N) is 1. The zero-order valence-corrected chi connectivity index (χ0v) is 30.3.